The van der Waals surface area contributed by atoms with Crippen molar-refractivity contribution in [2.45, 2.75) is 32.7 Å². The summed E-state index contributed by atoms with van der Waals surface area (Å²) in [5.74, 6) is 1.53. The summed E-state index contributed by atoms with van der Waals surface area (Å²) in [5, 5.41) is 3.98. The summed E-state index contributed by atoms with van der Waals surface area (Å²) in [6, 6.07) is 2.17. The smallest absolute Gasteiger partial charge is 0.231 e. The zero-order valence-corrected chi connectivity index (χ0v) is 15.4. The van der Waals surface area contributed by atoms with Crippen molar-refractivity contribution in [3.8, 4) is 17.2 Å². The third-order valence-corrected chi connectivity index (χ3v) is 4.54. The molecule has 0 aliphatic carbocycles. The molecule has 0 bridgehead atoms. The van der Waals surface area contributed by atoms with Crippen molar-refractivity contribution in [2.24, 2.45) is 0 Å². The number of hydrogen-bond donors (Lipinski definition) is 1. The van der Waals surface area contributed by atoms with Gasteiger partial charge in [-0.1, -0.05) is 6.92 Å². The van der Waals surface area contributed by atoms with Crippen LogP contribution in [0.4, 0.5) is 0 Å². The van der Waals surface area contributed by atoms with Gasteiger partial charge in [0.15, 0.2) is 22.9 Å². The molecule has 0 unspecified atom stereocenters. The highest BCUT2D eigenvalue weighted by atomic mass is 32.1. The fraction of sp³-hybridized carbons (Fsp3) is 0.529. The normalized spacial score (nSPS) is 13.3. The molecule has 24 heavy (non-hydrogen) atoms. The van der Waals surface area contributed by atoms with Crippen LogP contribution in [0.1, 0.15) is 36.2 Å². The van der Waals surface area contributed by atoms with Gasteiger partial charge in [0, 0.05) is 19.6 Å². The number of ether oxygens (including phenoxy) is 3. The molecule has 1 aromatic rings. The van der Waals surface area contributed by atoms with Gasteiger partial charge in [-0.3, -0.25) is 4.79 Å². The maximum Gasteiger partial charge on any atom is 0.231 e. The maximum atomic E-state index is 11.5. The van der Waals surface area contributed by atoms with Crippen molar-refractivity contribution in [1.29, 1.82) is 0 Å². The van der Waals surface area contributed by atoms with E-state index in [1.807, 2.05) is 18.0 Å². The third kappa shape index (κ3) is 3.90. The lowest BCUT2D eigenvalue weighted by atomic mass is 10.0. The number of nitrogens with zero attached hydrogens (tertiary/aromatic N) is 1. The Morgan fingerprint density at radius 1 is 1.54 bits per heavy atom. The molecule has 0 saturated heterocycles. The Morgan fingerprint density at radius 2 is 2.29 bits per heavy atom. The topological polar surface area (TPSA) is 60.0 Å². The van der Waals surface area contributed by atoms with Gasteiger partial charge in [0.2, 0.25) is 12.5 Å². The quantitative estimate of drug-likeness (QED) is 0.597. The fourth-order valence-electron chi connectivity index (χ4n) is 2.43. The number of carbonyl (C=O) groups excluding carboxylic acids is 1. The Labute approximate surface area is 148 Å². The van der Waals surface area contributed by atoms with Crippen molar-refractivity contribution < 1.29 is 19.0 Å². The molecule has 132 valence electrons. The summed E-state index contributed by atoms with van der Waals surface area (Å²) in [4.78, 5) is 13.5. The molecule has 1 aliphatic heterocycles. The minimum atomic E-state index is 0.135. The number of thiocarbonyl (C=S) groups is 1. The lowest BCUT2D eigenvalue weighted by Crippen LogP contribution is -2.42. The van der Waals surface area contributed by atoms with E-state index in [2.05, 4.69) is 19.2 Å². The second-order valence-electron chi connectivity index (χ2n) is 5.76. The van der Waals surface area contributed by atoms with Crippen LogP contribution < -0.4 is 19.5 Å². The molecule has 1 aliphatic rings. The monoisotopic (exact) mass is 352 g/mol. The standard InChI is InChI=1S/C17H24N2O4S/c1-5-11(2)18-17(24)19(3)7-6-12-8-14-16(23-10-22-14)15(21-4)13(12)9-20/h8-9,11H,5-7,10H2,1-4H3,(H,18,24)/t11-/m0/s1. The van der Waals surface area contributed by atoms with Crippen LogP contribution in [0.25, 0.3) is 0 Å². The van der Waals surface area contributed by atoms with E-state index >= 15 is 0 Å². The predicted molar refractivity (Wildman–Crippen MR) is 96.3 cm³/mol. The molecule has 1 heterocycles. The van der Waals surface area contributed by atoms with E-state index < -0.39 is 0 Å². The molecule has 0 amide bonds. The summed E-state index contributed by atoms with van der Waals surface area (Å²) < 4.78 is 16.2. The van der Waals surface area contributed by atoms with Gasteiger partial charge in [0.05, 0.1) is 12.7 Å². The number of nitrogens with one attached hydrogen (secondary N) is 1. The number of benzene rings is 1. The van der Waals surface area contributed by atoms with Gasteiger partial charge in [-0.25, -0.2) is 0 Å². The van der Waals surface area contributed by atoms with Crippen LogP contribution in [0.5, 0.6) is 17.2 Å². The molecule has 0 spiro atoms. The van der Waals surface area contributed by atoms with Gasteiger partial charge < -0.3 is 24.4 Å². The van der Waals surface area contributed by atoms with Crippen molar-refractivity contribution in [2.75, 3.05) is 27.5 Å². The zero-order chi connectivity index (χ0) is 17.7. The van der Waals surface area contributed by atoms with Crippen molar-refractivity contribution in [1.82, 2.24) is 10.2 Å². The Bertz CT molecular complexity index is 621. The lowest BCUT2D eigenvalue weighted by molar-refractivity contribution is 0.111. The number of rotatable bonds is 7. The van der Waals surface area contributed by atoms with E-state index in [9.17, 15) is 4.79 Å². The molecule has 1 N–H and O–H groups in total. The molecule has 1 aromatic carbocycles. The highest BCUT2D eigenvalue weighted by Gasteiger charge is 2.25. The number of aldehydes is 1. The molecular formula is C17H24N2O4S. The highest BCUT2D eigenvalue weighted by Crippen LogP contribution is 2.44. The summed E-state index contributed by atoms with van der Waals surface area (Å²) in [6.45, 7) is 5.00. The SMILES string of the molecule is CC[C@H](C)NC(=S)N(C)CCc1cc2c(c(OC)c1C=O)OCO2. The van der Waals surface area contributed by atoms with Gasteiger partial charge in [-0.15, -0.1) is 0 Å². The van der Waals surface area contributed by atoms with Crippen LogP contribution in [0, 0.1) is 0 Å². The van der Waals surface area contributed by atoms with Gasteiger partial charge in [0.25, 0.3) is 0 Å². The van der Waals surface area contributed by atoms with E-state index in [4.69, 9.17) is 26.4 Å². The van der Waals surface area contributed by atoms with Gasteiger partial charge in [0.1, 0.15) is 0 Å². The summed E-state index contributed by atoms with van der Waals surface area (Å²) in [7, 11) is 3.45. The first kappa shape index (κ1) is 18.3. The number of methoxy groups -OCH3 is 1. The number of carbonyl (C=O) groups is 1. The largest absolute Gasteiger partial charge is 0.492 e. The molecule has 0 saturated carbocycles. The van der Waals surface area contributed by atoms with E-state index in [1.165, 1.54) is 7.11 Å². The first-order valence-corrected chi connectivity index (χ1v) is 8.38. The number of likely N-dealkylation sites (N-methyl/N-ethyl adjacent to an activating group) is 1. The first-order valence-electron chi connectivity index (χ1n) is 7.98. The van der Waals surface area contributed by atoms with Gasteiger partial charge in [-0.2, -0.15) is 0 Å². The first-order chi connectivity index (χ1) is 11.5. The van der Waals surface area contributed by atoms with E-state index in [0.717, 1.165) is 18.3 Å². The second-order valence-corrected chi connectivity index (χ2v) is 6.15. The van der Waals surface area contributed by atoms with Crippen LogP contribution in [-0.2, 0) is 6.42 Å². The van der Waals surface area contributed by atoms with E-state index in [0.29, 0.717) is 46.9 Å². The number of fused-ring (bicyclic) bond motifs is 1. The molecule has 7 heteroatoms. The molecule has 0 fully saturated rings. The molecule has 0 radical (unpaired) electrons. The summed E-state index contributed by atoms with van der Waals surface area (Å²) in [5.41, 5.74) is 1.35. The second kappa shape index (κ2) is 8.19. The summed E-state index contributed by atoms with van der Waals surface area (Å²) >= 11 is 5.40. The Balaban J connectivity index is 2.12. The average Bonchev–Trinajstić information content (AvgIpc) is 3.05. The van der Waals surface area contributed by atoms with Crippen LogP contribution >= 0.6 is 12.2 Å². The van der Waals surface area contributed by atoms with E-state index in [1.54, 1.807) is 0 Å². The van der Waals surface area contributed by atoms with Crippen LogP contribution in [0.2, 0.25) is 0 Å². The summed E-state index contributed by atoms with van der Waals surface area (Å²) in [6.07, 6.45) is 2.44. The highest BCUT2D eigenvalue weighted by molar-refractivity contribution is 7.80. The number of hydrogen-bond acceptors (Lipinski definition) is 5. The van der Waals surface area contributed by atoms with Crippen LogP contribution in [-0.4, -0.2) is 49.8 Å². The average molecular weight is 352 g/mol. The fourth-order valence-corrected chi connectivity index (χ4v) is 2.72. The molecule has 0 aromatic heterocycles. The maximum absolute atomic E-state index is 11.5. The van der Waals surface area contributed by atoms with Crippen LogP contribution in [0.15, 0.2) is 6.07 Å². The Hall–Kier alpha value is -2.02. The Morgan fingerprint density at radius 3 is 2.92 bits per heavy atom. The molecule has 6 nitrogen and oxygen atoms in total. The van der Waals surface area contributed by atoms with Crippen molar-refractivity contribution in [3.05, 3.63) is 17.2 Å². The van der Waals surface area contributed by atoms with Crippen molar-refractivity contribution in [3.63, 3.8) is 0 Å². The minimum Gasteiger partial charge on any atom is -0.492 e. The minimum absolute atomic E-state index is 0.135. The van der Waals surface area contributed by atoms with E-state index in [-0.39, 0.29) is 6.79 Å². The van der Waals surface area contributed by atoms with Crippen LogP contribution in [0.3, 0.4) is 0 Å². The Kier molecular flexibility index (Phi) is 6.25. The molecular weight excluding hydrogens is 328 g/mol. The lowest BCUT2D eigenvalue weighted by Gasteiger charge is -2.24. The molecule has 2 rings (SSSR count). The van der Waals surface area contributed by atoms with Gasteiger partial charge in [-0.05, 0) is 43.6 Å². The van der Waals surface area contributed by atoms with Gasteiger partial charge >= 0.3 is 0 Å². The van der Waals surface area contributed by atoms with Crippen molar-refractivity contribution >= 4 is 23.6 Å². The molecule has 1 atom stereocenters. The zero-order valence-electron chi connectivity index (χ0n) is 14.5. The third-order valence-electron chi connectivity index (χ3n) is 4.11. The predicted octanol–water partition coefficient (Wildman–Crippen LogP) is 2.38.